The maximum Gasteiger partial charge on any atom is 0.397 e. The molecule has 0 aliphatic carbocycles. The van der Waals surface area contributed by atoms with Crippen LogP contribution in [0.15, 0.2) is 24.3 Å². The van der Waals surface area contributed by atoms with Gasteiger partial charge in [-0.3, -0.25) is 14.9 Å². The normalized spacial score (nSPS) is 9.79. The third kappa shape index (κ3) is 8.14. The van der Waals surface area contributed by atoms with Crippen LogP contribution in [-0.2, 0) is 4.79 Å². The summed E-state index contributed by atoms with van der Waals surface area (Å²) in [4.78, 5) is 19.1. The maximum atomic E-state index is 11.0. The van der Waals surface area contributed by atoms with Crippen LogP contribution >= 0.6 is 0 Å². The average Bonchev–Trinajstić information content (AvgIpc) is 2.26. The molecular formula is C10H8F3N3O3. The fourth-order valence-corrected chi connectivity index (χ4v) is 0.855. The predicted molar refractivity (Wildman–Crippen MR) is 57.7 cm³/mol. The molecule has 0 heterocycles. The first kappa shape index (κ1) is 16.4. The van der Waals surface area contributed by atoms with E-state index in [4.69, 9.17) is 5.26 Å². The Balaban J connectivity index is 0.000000362. The van der Waals surface area contributed by atoms with Gasteiger partial charge in [0, 0.05) is 12.1 Å². The Morgan fingerprint density at radius 2 is 1.84 bits per heavy atom. The van der Waals surface area contributed by atoms with E-state index in [2.05, 4.69) is 5.73 Å². The monoisotopic (exact) mass is 275 g/mol. The fraction of sp³-hybridized carbons (Fsp3) is 0.200. The number of rotatable bonds is 2. The topological polar surface area (TPSA) is 110 Å². The smallest absolute Gasteiger partial charge is 0.369 e. The van der Waals surface area contributed by atoms with Crippen LogP contribution in [0.5, 0.6) is 0 Å². The summed E-state index contributed by atoms with van der Waals surface area (Å²) in [5, 5.41) is 18.5. The maximum absolute atomic E-state index is 11.0. The van der Waals surface area contributed by atoms with E-state index in [9.17, 15) is 28.1 Å². The number of carbonyl (C=O) groups excluding carboxylic acids is 1. The summed E-state index contributed by atoms with van der Waals surface area (Å²) < 4.78 is 33.0. The number of hydrogen-bond donors (Lipinski definition) is 1. The number of hydrogen-bond acceptors (Lipinski definition) is 4. The zero-order chi connectivity index (χ0) is 15.1. The number of halogens is 3. The van der Waals surface area contributed by atoms with Crippen LogP contribution in [0.2, 0.25) is 0 Å². The minimum absolute atomic E-state index is 0.00370. The van der Waals surface area contributed by atoms with Crippen molar-refractivity contribution in [3.63, 3.8) is 0 Å². The van der Waals surface area contributed by atoms with Crippen LogP contribution in [0.1, 0.15) is 12.0 Å². The lowest BCUT2D eigenvalue weighted by molar-refractivity contribution is -0.384. The van der Waals surface area contributed by atoms with E-state index in [0.717, 1.165) is 0 Å². The molecule has 0 spiro atoms. The third-order valence-electron chi connectivity index (χ3n) is 1.58. The van der Waals surface area contributed by atoms with E-state index in [0.29, 0.717) is 5.56 Å². The predicted octanol–water partition coefficient (Wildman–Crippen LogP) is 1.89. The highest BCUT2D eigenvalue weighted by molar-refractivity contribution is 5.74. The van der Waals surface area contributed by atoms with E-state index >= 15 is 0 Å². The molecule has 0 atom stereocenters. The minimum Gasteiger partial charge on any atom is -0.369 e. The number of nitrogens with two attached hydrogens (primary N) is 1. The Kier molecular flexibility index (Phi) is 5.99. The Hall–Kier alpha value is -2.63. The standard InChI is InChI=1S/C7H4N2O2.C3H4F3NO/c8-5-6-1-3-7(4-2-6)9(10)11;4-3(5,6)1-2(7)8/h1-4H;1H2,(H2,7,8). The fourth-order valence-electron chi connectivity index (χ4n) is 0.855. The third-order valence-corrected chi connectivity index (χ3v) is 1.58. The quantitative estimate of drug-likeness (QED) is 0.656. The number of amides is 1. The number of non-ortho nitro benzene ring substituents is 1. The van der Waals surface area contributed by atoms with Crippen molar-refractivity contribution in [3.05, 3.63) is 39.9 Å². The number of nitro groups is 1. The molecule has 102 valence electrons. The first-order valence-electron chi connectivity index (χ1n) is 4.65. The van der Waals surface area contributed by atoms with Gasteiger partial charge >= 0.3 is 6.18 Å². The molecule has 0 aliphatic heterocycles. The first-order valence-corrected chi connectivity index (χ1v) is 4.65. The summed E-state index contributed by atoms with van der Waals surface area (Å²) in [5.74, 6) is -1.35. The lowest BCUT2D eigenvalue weighted by Crippen LogP contribution is -2.21. The van der Waals surface area contributed by atoms with Crippen LogP contribution in [0.25, 0.3) is 0 Å². The zero-order valence-corrected chi connectivity index (χ0v) is 9.35. The molecule has 2 N–H and O–H groups in total. The van der Waals surface area contributed by atoms with E-state index in [-0.39, 0.29) is 5.69 Å². The number of alkyl halides is 3. The van der Waals surface area contributed by atoms with Crippen LogP contribution in [0.3, 0.4) is 0 Å². The summed E-state index contributed by atoms with van der Waals surface area (Å²) >= 11 is 0. The molecule has 1 amide bonds. The highest BCUT2D eigenvalue weighted by Gasteiger charge is 2.29. The average molecular weight is 275 g/mol. The van der Waals surface area contributed by atoms with Gasteiger partial charge in [-0.2, -0.15) is 18.4 Å². The van der Waals surface area contributed by atoms with Crippen molar-refractivity contribution in [1.29, 1.82) is 5.26 Å². The first-order chi connectivity index (χ1) is 8.65. The van der Waals surface area contributed by atoms with Crippen molar-refractivity contribution >= 4 is 11.6 Å². The van der Waals surface area contributed by atoms with Crippen molar-refractivity contribution in [2.75, 3.05) is 0 Å². The van der Waals surface area contributed by atoms with Gasteiger partial charge in [0.2, 0.25) is 5.91 Å². The Bertz CT molecular complexity index is 491. The summed E-state index contributed by atoms with van der Waals surface area (Å²) in [6.45, 7) is 0. The van der Waals surface area contributed by atoms with E-state index < -0.39 is 23.4 Å². The number of nitrogens with zero attached hydrogens (tertiary/aromatic N) is 2. The van der Waals surface area contributed by atoms with Crippen molar-refractivity contribution in [3.8, 4) is 6.07 Å². The molecule has 6 nitrogen and oxygen atoms in total. The molecule has 1 rings (SSSR count). The molecule has 0 bridgehead atoms. The second-order valence-electron chi connectivity index (χ2n) is 3.17. The van der Waals surface area contributed by atoms with Crippen molar-refractivity contribution in [2.45, 2.75) is 12.6 Å². The molecule has 0 unspecified atom stereocenters. The lowest BCUT2D eigenvalue weighted by Gasteiger charge is -1.99. The molecule has 0 aliphatic rings. The molecule has 19 heavy (non-hydrogen) atoms. The van der Waals surface area contributed by atoms with Crippen molar-refractivity contribution in [2.24, 2.45) is 5.73 Å². The summed E-state index contributed by atoms with van der Waals surface area (Å²) in [6, 6.07) is 7.31. The largest absolute Gasteiger partial charge is 0.397 e. The van der Waals surface area contributed by atoms with Gasteiger partial charge < -0.3 is 5.73 Å². The van der Waals surface area contributed by atoms with Gasteiger partial charge in [-0.15, -0.1) is 0 Å². The highest BCUT2D eigenvalue weighted by atomic mass is 19.4. The molecule has 0 fully saturated rings. The van der Waals surface area contributed by atoms with Gasteiger partial charge in [-0.1, -0.05) is 0 Å². The number of nitriles is 1. The van der Waals surface area contributed by atoms with Crippen LogP contribution < -0.4 is 5.73 Å². The van der Waals surface area contributed by atoms with E-state index in [1.165, 1.54) is 24.3 Å². The number of primary amides is 1. The zero-order valence-electron chi connectivity index (χ0n) is 9.35. The number of benzene rings is 1. The van der Waals surface area contributed by atoms with Crippen LogP contribution in [-0.4, -0.2) is 17.0 Å². The molecule has 1 aromatic rings. The molecule has 1 aromatic carbocycles. The SMILES string of the molecule is N#Cc1ccc([N+](=O)[O-])cc1.NC(=O)CC(F)(F)F. The van der Waals surface area contributed by atoms with Gasteiger partial charge in [-0.25, -0.2) is 0 Å². The van der Waals surface area contributed by atoms with Gasteiger partial charge in [0.1, 0.15) is 6.42 Å². The van der Waals surface area contributed by atoms with Gasteiger partial charge in [0.15, 0.2) is 0 Å². The molecule has 0 saturated heterocycles. The Morgan fingerprint density at radius 1 is 1.37 bits per heavy atom. The van der Waals surface area contributed by atoms with E-state index in [1.807, 2.05) is 6.07 Å². The molecule has 9 heteroatoms. The van der Waals surface area contributed by atoms with Crippen LogP contribution in [0, 0.1) is 21.4 Å². The minimum atomic E-state index is -4.45. The molecule has 0 saturated carbocycles. The summed E-state index contributed by atoms with van der Waals surface area (Å²) in [7, 11) is 0. The van der Waals surface area contributed by atoms with Gasteiger partial charge in [-0.05, 0) is 12.1 Å². The van der Waals surface area contributed by atoms with Gasteiger partial charge in [0.05, 0.1) is 16.6 Å². The number of carbonyl (C=O) groups is 1. The molecule has 0 radical (unpaired) electrons. The second kappa shape index (κ2) is 6.95. The van der Waals surface area contributed by atoms with Crippen molar-refractivity contribution < 1.29 is 22.9 Å². The second-order valence-corrected chi connectivity index (χ2v) is 3.17. The van der Waals surface area contributed by atoms with E-state index in [1.54, 1.807) is 0 Å². The molecule has 0 aromatic heterocycles. The Labute approximate surface area is 105 Å². The number of nitro benzene ring substituents is 1. The highest BCUT2D eigenvalue weighted by Crippen LogP contribution is 2.18. The Morgan fingerprint density at radius 3 is 2.05 bits per heavy atom. The molecular weight excluding hydrogens is 267 g/mol. The van der Waals surface area contributed by atoms with Crippen molar-refractivity contribution in [1.82, 2.24) is 0 Å². The summed E-state index contributed by atoms with van der Waals surface area (Å²) in [6.07, 6.45) is -5.99. The summed E-state index contributed by atoms with van der Waals surface area (Å²) in [5.41, 5.74) is 4.65. The van der Waals surface area contributed by atoms with Crippen LogP contribution in [0.4, 0.5) is 18.9 Å². The lowest BCUT2D eigenvalue weighted by atomic mass is 10.2. The van der Waals surface area contributed by atoms with Gasteiger partial charge in [0.25, 0.3) is 5.69 Å².